The van der Waals surface area contributed by atoms with Crippen LogP contribution in [-0.4, -0.2) is 28.8 Å². The van der Waals surface area contributed by atoms with Gasteiger partial charge < -0.3 is 15.5 Å². The SMILES string of the molecule is C=CC(=O)O.CC(O)CNC(C)(C)c1ccccc1. The number of carboxylic acid groups (broad SMARTS) is 1. The van der Waals surface area contributed by atoms with Crippen molar-refractivity contribution in [2.75, 3.05) is 6.54 Å². The minimum atomic E-state index is -0.981. The molecule has 19 heavy (non-hydrogen) atoms. The first-order valence-electron chi connectivity index (χ1n) is 6.13. The summed E-state index contributed by atoms with van der Waals surface area (Å²) in [5.74, 6) is -0.981. The molecule has 1 aromatic carbocycles. The molecule has 0 aliphatic rings. The summed E-state index contributed by atoms with van der Waals surface area (Å²) >= 11 is 0. The zero-order valence-corrected chi connectivity index (χ0v) is 11.8. The molecular formula is C15H23NO3. The average molecular weight is 265 g/mol. The van der Waals surface area contributed by atoms with E-state index in [1.165, 1.54) is 5.56 Å². The van der Waals surface area contributed by atoms with Crippen LogP contribution < -0.4 is 5.32 Å². The summed E-state index contributed by atoms with van der Waals surface area (Å²) in [4.78, 5) is 9.25. The highest BCUT2D eigenvalue weighted by Gasteiger charge is 2.19. The highest BCUT2D eigenvalue weighted by atomic mass is 16.4. The van der Waals surface area contributed by atoms with E-state index >= 15 is 0 Å². The smallest absolute Gasteiger partial charge is 0.327 e. The lowest BCUT2D eigenvalue weighted by molar-refractivity contribution is -0.131. The van der Waals surface area contributed by atoms with Gasteiger partial charge in [-0.3, -0.25) is 0 Å². The van der Waals surface area contributed by atoms with Gasteiger partial charge >= 0.3 is 5.97 Å². The van der Waals surface area contributed by atoms with Crippen molar-refractivity contribution < 1.29 is 15.0 Å². The summed E-state index contributed by atoms with van der Waals surface area (Å²) in [6.45, 7) is 9.59. The van der Waals surface area contributed by atoms with Gasteiger partial charge in [0.1, 0.15) is 0 Å². The normalized spacial score (nSPS) is 12.0. The predicted octanol–water partition coefficient (Wildman–Crippen LogP) is 2.15. The number of aliphatic hydroxyl groups excluding tert-OH is 1. The first-order valence-corrected chi connectivity index (χ1v) is 6.13. The van der Waals surface area contributed by atoms with E-state index in [1.807, 2.05) is 18.2 Å². The van der Waals surface area contributed by atoms with Crippen molar-refractivity contribution in [2.45, 2.75) is 32.4 Å². The van der Waals surface area contributed by atoms with Crippen LogP contribution >= 0.6 is 0 Å². The number of aliphatic hydroxyl groups is 1. The summed E-state index contributed by atoms with van der Waals surface area (Å²) in [6.07, 6.45) is 0.526. The van der Waals surface area contributed by atoms with Crippen molar-refractivity contribution in [1.29, 1.82) is 0 Å². The van der Waals surface area contributed by atoms with E-state index in [9.17, 15) is 9.90 Å². The van der Waals surface area contributed by atoms with Gasteiger partial charge in [-0.2, -0.15) is 0 Å². The molecule has 1 unspecified atom stereocenters. The Morgan fingerprint density at radius 1 is 1.42 bits per heavy atom. The molecule has 4 heteroatoms. The maximum absolute atomic E-state index is 9.25. The molecule has 3 N–H and O–H groups in total. The minimum Gasteiger partial charge on any atom is -0.478 e. The van der Waals surface area contributed by atoms with Gasteiger partial charge in [0.25, 0.3) is 0 Å². The third kappa shape index (κ3) is 8.13. The largest absolute Gasteiger partial charge is 0.478 e. The van der Waals surface area contributed by atoms with Crippen LogP contribution in [0.1, 0.15) is 26.3 Å². The van der Waals surface area contributed by atoms with Gasteiger partial charge in [-0.25, -0.2) is 4.79 Å². The molecule has 0 aliphatic heterocycles. The van der Waals surface area contributed by atoms with Crippen LogP contribution in [0.2, 0.25) is 0 Å². The van der Waals surface area contributed by atoms with Gasteiger partial charge in [-0.1, -0.05) is 36.9 Å². The van der Waals surface area contributed by atoms with E-state index in [1.54, 1.807) is 6.92 Å². The van der Waals surface area contributed by atoms with Gasteiger partial charge in [0.05, 0.1) is 6.10 Å². The molecule has 0 amide bonds. The molecule has 0 spiro atoms. The third-order valence-electron chi connectivity index (χ3n) is 2.51. The monoisotopic (exact) mass is 265 g/mol. The lowest BCUT2D eigenvalue weighted by Gasteiger charge is -2.27. The zero-order valence-electron chi connectivity index (χ0n) is 11.8. The van der Waals surface area contributed by atoms with Gasteiger partial charge in [-0.15, -0.1) is 0 Å². The Balaban J connectivity index is 0.000000555. The topological polar surface area (TPSA) is 69.6 Å². The predicted molar refractivity (Wildman–Crippen MR) is 77.0 cm³/mol. The Hall–Kier alpha value is -1.65. The maximum atomic E-state index is 9.25. The lowest BCUT2D eigenvalue weighted by Crippen LogP contribution is -2.40. The van der Waals surface area contributed by atoms with Crippen LogP contribution in [0.4, 0.5) is 0 Å². The summed E-state index contributed by atoms with van der Waals surface area (Å²) in [5, 5.41) is 20.1. The Bertz CT molecular complexity index is 386. The number of carboxylic acids is 1. The highest BCUT2D eigenvalue weighted by molar-refractivity contribution is 5.78. The quantitative estimate of drug-likeness (QED) is 0.713. The average Bonchev–Trinajstić information content (AvgIpc) is 2.38. The minimum absolute atomic E-state index is 0.0851. The van der Waals surface area contributed by atoms with E-state index in [-0.39, 0.29) is 11.6 Å². The fraction of sp³-hybridized carbons (Fsp3) is 0.400. The zero-order chi connectivity index (χ0) is 14.9. The molecule has 0 bridgehead atoms. The fourth-order valence-corrected chi connectivity index (χ4v) is 1.36. The number of aliphatic carboxylic acids is 1. The van der Waals surface area contributed by atoms with Crippen LogP contribution in [0, 0.1) is 0 Å². The first kappa shape index (κ1) is 17.4. The Morgan fingerprint density at radius 3 is 2.26 bits per heavy atom. The maximum Gasteiger partial charge on any atom is 0.327 e. The molecule has 0 saturated carbocycles. The summed E-state index contributed by atoms with van der Waals surface area (Å²) < 4.78 is 0. The van der Waals surface area contributed by atoms with Gasteiger partial charge in [0.2, 0.25) is 0 Å². The number of benzene rings is 1. The van der Waals surface area contributed by atoms with Gasteiger partial charge in [-0.05, 0) is 26.3 Å². The van der Waals surface area contributed by atoms with E-state index in [2.05, 4.69) is 37.9 Å². The molecule has 0 radical (unpaired) electrons. The van der Waals surface area contributed by atoms with Crippen LogP contribution in [0.5, 0.6) is 0 Å². The molecule has 1 rings (SSSR count). The molecule has 0 aliphatic carbocycles. The molecule has 1 atom stereocenters. The number of hydrogen-bond acceptors (Lipinski definition) is 3. The number of nitrogens with one attached hydrogen (secondary N) is 1. The lowest BCUT2D eigenvalue weighted by atomic mass is 9.94. The second-order valence-corrected chi connectivity index (χ2v) is 4.76. The van der Waals surface area contributed by atoms with Crippen LogP contribution in [0.3, 0.4) is 0 Å². The second kappa shape index (κ2) is 8.45. The molecule has 0 fully saturated rings. The standard InChI is InChI=1S/C12H19NO.C3H4O2/c1-10(14)9-13-12(2,3)11-7-5-4-6-8-11;1-2-3(4)5/h4-8,10,13-14H,9H2,1-3H3;2H,1H2,(H,4,5). The van der Waals surface area contributed by atoms with Crippen LogP contribution in [-0.2, 0) is 10.3 Å². The molecule has 1 aromatic rings. The van der Waals surface area contributed by atoms with Crippen LogP contribution in [0.25, 0.3) is 0 Å². The summed E-state index contributed by atoms with van der Waals surface area (Å²) in [6, 6.07) is 10.3. The molecule has 0 heterocycles. The Labute approximate surface area is 114 Å². The van der Waals surface area contributed by atoms with E-state index < -0.39 is 5.97 Å². The number of carbonyl (C=O) groups is 1. The molecule has 4 nitrogen and oxygen atoms in total. The van der Waals surface area contributed by atoms with E-state index in [0.717, 1.165) is 6.08 Å². The van der Waals surface area contributed by atoms with Crippen molar-refractivity contribution >= 4 is 5.97 Å². The van der Waals surface area contributed by atoms with Crippen molar-refractivity contribution in [3.05, 3.63) is 48.6 Å². The van der Waals surface area contributed by atoms with E-state index in [4.69, 9.17) is 5.11 Å². The van der Waals surface area contributed by atoms with Crippen LogP contribution in [0.15, 0.2) is 43.0 Å². The molecule has 0 aromatic heterocycles. The van der Waals surface area contributed by atoms with Gasteiger partial charge in [0.15, 0.2) is 0 Å². The Morgan fingerprint density at radius 2 is 1.89 bits per heavy atom. The molecular weight excluding hydrogens is 242 g/mol. The molecule has 106 valence electrons. The number of rotatable bonds is 5. The fourth-order valence-electron chi connectivity index (χ4n) is 1.36. The third-order valence-corrected chi connectivity index (χ3v) is 2.51. The number of hydrogen-bond donors (Lipinski definition) is 3. The van der Waals surface area contributed by atoms with Crippen molar-refractivity contribution in [3.63, 3.8) is 0 Å². The summed E-state index contributed by atoms with van der Waals surface area (Å²) in [5.41, 5.74) is 1.15. The highest BCUT2D eigenvalue weighted by Crippen LogP contribution is 2.18. The van der Waals surface area contributed by atoms with E-state index in [0.29, 0.717) is 6.54 Å². The first-order chi connectivity index (χ1) is 8.79. The Kier molecular flexibility index (Phi) is 7.72. The summed E-state index contributed by atoms with van der Waals surface area (Å²) in [7, 11) is 0. The van der Waals surface area contributed by atoms with Crippen molar-refractivity contribution in [1.82, 2.24) is 5.32 Å². The second-order valence-electron chi connectivity index (χ2n) is 4.76. The molecule has 0 saturated heterocycles. The van der Waals surface area contributed by atoms with Gasteiger partial charge in [0, 0.05) is 18.2 Å². The van der Waals surface area contributed by atoms with Crippen molar-refractivity contribution in [3.8, 4) is 0 Å². The van der Waals surface area contributed by atoms with Crippen molar-refractivity contribution in [2.24, 2.45) is 0 Å².